The van der Waals surface area contributed by atoms with Crippen LogP contribution in [0.3, 0.4) is 0 Å². The van der Waals surface area contributed by atoms with E-state index in [2.05, 4.69) is 16.3 Å². The lowest BCUT2D eigenvalue weighted by Crippen LogP contribution is -1.88. The van der Waals surface area contributed by atoms with Gasteiger partial charge in [-0.15, -0.1) is 16.9 Å². The molecule has 0 bridgehead atoms. The van der Waals surface area contributed by atoms with Gasteiger partial charge < -0.3 is 0 Å². The molecule has 0 unspecified atom stereocenters. The Morgan fingerprint density at radius 1 is 1.33 bits per heavy atom. The fourth-order valence-electron chi connectivity index (χ4n) is 1.30. The predicted octanol–water partition coefficient (Wildman–Crippen LogP) is 2.64. The molecule has 2 aromatic rings. The quantitative estimate of drug-likeness (QED) is 0.583. The monoisotopic (exact) mass is 215 g/mol. The van der Waals surface area contributed by atoms with E-state index in [1.807, 2.05) is 24.3 Å². The summed E-state index contributed by atoms with van der Waals surface area (Å²) in [5, 5.41) is 19.6. The van der Waals surface area contributed by atoms with Crippen LogP contribution in [-0.4, -0.2) is 16.0 Å². The van der Waals surface area contributed by atoms with Gasteiger partial charge in [-0.2, -0.15) is 10.4 Å². The molecule has 0 saturated heterocycles. The largest absolute Gasteiger partial charge is 0.198 e. The molecule has 0 aliphatic heterocycles. The van der Waals surface area contributed by atoms with E-state index in [0.717, 1.165) is 21.6 Å². The smallest absolute Gasteiger partial charge is 0.127 e. The minimum absolute atomic E-state index is 0.537. The molecule has 0 aliphatic rings. The van der Waals surface area contributed by atoms with Gasteiger partial charge in [0.15, 0.2) is 0 Å². The maximum atomic E-state index is 8.46. The highest BCUT2D eigenvalue weighted by Gasteiger charge is 2.02. The van der Waals surface area contributed by atoms with Crippen LogP contribution in [0.5, 0.6) is 0 Å². The molecule has 1 aromatic heterocycles. The standard InChI is InChI=1S/C11H9N3S/c12-6-3-7-15-11-10-5-2-1-4-9(10)8-13-14-11/h1-2,4-5,8H,3,7H2. The van der Waals surface area contributed by atoms with E-state index in [-0.39, 0.29) is 0 Å². The molecule has 0 amide bonds. The van der Waals surface area contributed by atoms with Crippen LogP contribution >= 0.6 is 11.8 Å². The number of hydrogen-bond acceptors (Lipinski definition) is 4. The van der Waals surface area contributed by atoms with Gasteiger partial charge >= 0.3 is 0 Å². The van der Waals surface area contributed by atoms with E-state index in [4.69, 9.17) is 5.26 Å². The lowest BCUT2D eigenvalue weighted by Gasteiger charge is -2.01. The average molecular weight is 215 g/mol. The highest BCUT2D eigenvalue weighted by Crippen LogP contribution is 2.24. The van der Waals surface area contributed by atoms with Crippen LogP contribution in [0.4, 0.5) is 0 Å². The second-order valence-corrected chi connectivity index (χ2v) is 4.08. The number of thioether (sulfide) groups is 1. The van der Waals surface area contributed by atoms with Crippen molar-refractivity contribution in [2.45, 2.75) is 11.4 Å². The molecule has 0 spiro atoms. The number of nitrogens with zero attached hydrogens (tertiary/aromatic N) is 3. The van der Waals surface area contributed by atoms with E-state index in [1.165, 1.54) is 0 Å². The van der Waals surface area contributed by atoms with E-state index < -0.39 is 0 Å². The van der Waals surface area contributed by atoms with Gasteiger partial charge in [-0.05, 0) is 0 Å². The Balaban J connectivity index is 2.31. The van der Waals surface area contributed by atoms with Crippen molar-refractivity contribution in [1.82, 2.24) is 10.2 Å². The molecule has 0 saturated carbocycles. The summed E-state index contributed by atoms with van der Waals surface area (Å²) in [4.78, 5) is 0. The Bertz CT molecular complexity index is 499. The molecule has 0 fully saturated rings. The molecule has 3 nitrogen and oxygen atoms in total. The van der Waals surface area contributed by atoms with Crippen LogP contribution in [0.15, 0.2) is 35.5 Å². The summed E-state index contributed by atoms with van der Waals surface area (Å²) in [6.45, 7) is 0. The van der Waals surface area contributed by atoms with Gasteiger partial charge in [0, 0.05) is 22.9 Å². The van der Waals surface area contributed by atoms with E-state index in [0.29, 0.717) is 6.42 Å². The van der Waals surface area contributed by atoms with Crippen LogP contribution in [0, 0.1) is 11.3 Å². The maximum Gasteiger partial charge on any atom is 0.127 e. The molecule has 0 atom stereocenters. The maximum absolute atomic E-state index is 8.46. The minimum Gasteiger partial charge on any atom is -0.198 e. The Morgan fingerprint density at radius 3 is 3.07 bits per heavy atom. The summed E-state index contributed by atoms with van der Waals surface area (Å²) in [5.41, 5.74) is 0. The van der Waals surface area contributed by atoms with Gasteiger partial charge in [0.25, 0.3) is 0 Å². The summed E-state index contributed by atoms with van der Waals surface area (Å²) in [6, 6.07) is 10.1. The first-order valence-corrected chi connectivity index (χ1v) is 5.60. The van der Waals surface area contributed by atoms with Gasteiger partial charge in [-0.3, -0.25) is 0 Å². The van der Waals surface area contributed by atoms with Crippen LogP contribution in [0.25, 0.3) is 10.8 Å². The van der Waals surface area contributed by atoms with Crippen LogP contribution in [0.2, 0.25) is 0 Å². The number of hydrogen-bond donors (Lipinski definition) is 0. The highest BCUT2D eigenvalue weighted by atomic mass is 32.2. The van der Waals surface area contributed by atoms with Crippen molar-refractivity contribution in [3.8, 4) is 6.07 Å². The van der Waals surface area contributed by atoms with Crippen molar-refractivity contribution < 1.29 is 0 Å². The summed E-state index contributed by atoms with van der Waals surface area (Å²) < 4.78 is 0. The second kappa shape index (κ2) is 4.76. The van der Waals surface area contributed by atoms with E-state index >= 15 is 0 Å². The lowest BCUT2D eigenvalue weighted by atomic mass is 10.2. The lowest BCUT2D eigenvalue weighted by molar-refractivity contribution is 0.955. The molecule has 0 radical (unpaired) electrons. The number of benzene rings is 1. The summed E-state index contributed by atoms with van der Waals surface area (Å²) in [6.07, 6.45) is 2.29. The number of aromatic nitrogens is 2. The SMILES string of the molecule is N#CCCSc1nncc2ccccc12. The Kier molecular flexibility index (Phi) is 3.15. The number of nitriles is 1. The molecular formula is C11H9N3S. The van der Waals surface area contributed by atoms with Gasteiger partial charge in [-0.25, -0.2) is 0 Å². The van der Waals surface area contributed by atoms with Crippen LogP contribution in [0.1, 0.15) is 6.42 Å². The van der Waals surface area contributed by atoms with Crippen LogP contribution in [-0.2, 0) is 0 Å². The first kappa shape index (κ1) is 9.94. The molecule has 1 aromatic carbocycles. The summed E-state index contributed by atoms with van der Waals surface area (Å²) >= 11 is 1.58. The molecule has 74 valence electrons. The van der Waals surface area contributed by atoms with Gasteiger partial charge in [0.1, 0.15) is 5.03 Å². The van der Waals surface area contributed by atoms with E-state index in [1.54, 1.807) is 18.0 Å². The molecule has 0 aliphatic carbocycles. The average Bonchev–Trinajstić information content (AvgIpc) is 2.30. The highest BCUT2D eigenvalue weighted by molar-refractivity contribution is 7.99. The van der Waals surface area contributed by atoms with E-state index in [9.17, 15) is 0 Å². The second-order valence-electron chi connectivity index (χ2n) is 2.99. The van der Waals surface area contributed by atoms with Crippen molar-refractivity contribution in [2.24, 2.45) is 0 Å². The minimum atomic E-state index is 0.537. The zero-order valence-corrected chi connectivity index (χ0v) is 8.87. The van der Waals surface area contributed by atoms with Crippen molar-refractivity contribution in [1.29, 1.82) is 5.26 Å². The predicted molar refractivity (Wildman–Crippen MR) is 60.5 cm³/mol. The normalized spacial score (nSPS) is 10.1. The van der Waals surface area contributed by atoms with Crippen LogP contribution < -0.4 is 0 Å². The van der Waals surface area contributed by atoms with Gasteiger partial charge in [-0.1, -0.05) is 24.3 Å². The van der Waals surface area contributed by atoms with Crippen molar-refractivity contribution in [3.63, 3.8) is 0 Å². The van der Waals surface area contributed by atoms with Gasteiger partial charge in [0.05, 0.1) is 12.3 Å². The third kappa shape index (κ3) is 2.25. The fourth-order valence-corrected chi connectivity index (χ4v) is 2.13. The third-order valence-electron chi connectivity index (χ3n) is 1.99. The summed E-state index contributed by atoms with van der Waals surface area (Å²) in [5.74, 6) is 0.763. The van der Waals surface area contributed by atoms with Crippen molar-refractivity contribution in [2.75, 3.05) is 5.75 Å². The van der Waals surface area contributed by atoms with Crippen molar-refractivity contribution in [3.05, 3.63) is 30.5 Å². The third-order valence-corrected chi connectivity index (χ3v) is 2.97. The fraction of sp³-hybridized carbons (Fsp3) is 0.182. The Labute approximate surface area is 92.1 Å². The number of fused-ring (bicyclic) bond motifs is 1. The molecular weight excluding hydrogens is 206 g/mol. The zero-order valence-electron chi connectivity index (χ0n) is 8.05. The molecule has 15 heavy (non-hydrogen) atoms. The molecule has 2 rings (SSSR count). The topological polar surface area (TPSA) is 49.6 Å². The van der Waals surface area contributed by atoms with Gasteiger partial charge in [0.2, 0.25) is 0 Å². The molecule has 1 heterocycles. The first-order chi connectivity index (χ1) is 7.42. The molecule has 0 N–H and O–H groups in total. The summed E-state index contributed by atoms with van der Waals surface area (Å²) in [7, 11) is 0. The molecule has 4 heteroatoms. The Hall–Kier alpha value is -1.60. The first-order valence-electron chi connectivity index (χ1n) is 4.62. The number of rotatable bonds is 3. The Morgan fingerprint density at radius 2 is 2.20 bits per heavy atom. The van der Waals surface area contributed by atoms with Crippen molar-refractivity contribution >= 4 is 22.5 Å². The zero-order chi connectivity index (χ0) is 10.5.